The third-order valence-electron chi connectivity index (χ3n) is 3.41. The standard InChI is InChI=1S/C17H12N4O2/c18-9-13-12(15-2-1-7-23-15)8-14(21-16(13)19)10-3-5-11(6-4-10)17(20)22/h1-8H,(H2,19,21)(H2,20,22). The average molecular weight is 304 g/mol. The summed E-state index contributed by atoms with van der Waals surface area (Å²) < 4.78 is 5.36. The zero-order valence-corrected chi connectivity index (χ0v) is 12.0. The Balaban J connectivity index is 2.14. The van der Waals surface area contributed by atoms with Crippen molar-refractivity contribution in [3.8, 4) is 28.7 Å². The van der Waals surface area contributed by atoms with Crippen LogP contribution in [0.4, 0.5) is 5.82 Å². The second-order valence-electron chi connectivity index (χ2n) is 4.85. The first-order valence-electron chi connectivity index (χ1n) is 6.75. The van der Waals surface area contributed by atoms with Crippen molar-refractivity contribution in [1.29, 1.82) is 5.26 Å². The fourth-order valence-corrected chi connectivity index (χ4v) is 2.26. The van der Waals surface area contributed by atoms with Crippen molar-refractivity contribution in [1.82, 2.24) is 4.98 Å². The van der Waals surface area contributed by atoms with Gasteiger partial charge in [-0.3, -0.25) is 4.79 Å². The molecule has 23 heavy (non-hydrogen) atoms. The summed E-state index contributed by atoms with van der Waals surface area (Å²) >= 11 is 0. The van der Waals surface area contributed by atoms with Crippen LogP contribution in [0.15, 0.2) is 53.1 Å². The molecule has 0 aliphatic carbocycles. The van der Waals surface area contributed by atoms with Crippen molar-refractivity contribution in [3.63, 3.8) is 0 Å². The molecule has 3 rings (SSSR count). The van der Waals surface area contributed by atoms with Crippen LogP contribution in [0.5, 0.6) is 0 Å². The van der Waals surface area contributed by atoms with Crippen molar-refractivity contribution in [2.24, 2.45) is 5.73 Å². The van der Waals surface area contributed by atoms with E-state index in [1.54, 1.807) is 42.5 Å². The van der Waals surface area contributed by atoms with E-state index in [9.17, 15) is 10.1 Å². The Morgan fingerprint density at radius 3 is 2.52 bits per heavy atom. The van der Waals surface area contributed by atoms with Crippen LogP contribution in [0.1, 0.15) is 15.9 Å². The van der Waals surface area contributed by atoms with Crippen LogP contribution in [0.2, 0.25) is 0 Å². The number of furan rings is 1. The molecule has 6 nitrogen and oxygen atoms in total. The molecule has 0 fully saturated rings. The molecule has 2 aromatic heterocycles. The predicted octanol–water partition coefficient (Wildman–Crippen LogP) is 2.56. The largest absolute Gasteiger partial charge is 0.464 e. The minimum atomic E-state index is -0.500. The number of aromatic nitrogens is 1. The van der Waals surface area contributed by atoms with Gasteiger partial charge in [0.25, 0.3) is 0 Å². The Hall–Kier alpha value is -3.59. The molecule has 2 heterocycles. The molecular weight excluding hydrogens is 292 g/mol. The first-order valence-corrected chi connectivity index (χ1v) is 6.75. The van der Waals surface area contributed by atoms with Crippen LogP contribution < -0.4 is 11.5 Å². The van der Waals surface area contributed by atoms with E-state index < -0.39 is 5.91 Å². The highest BCUT2D eigenvalue weighted by Gasteiger charge is 2.15. The molecule has 0 radical (unpaired) electrons. The van der Waals surface area contributed by atoms with E-state index in [1.807, 2.05) is 6.07 Å². The molecule has 6 heteroatoms. The first-order chi connectivity index (χ1) is 11.1. The number of hydrogen-bond acceptors (Lipinski definition) is 5. The molecule has 0 aliphatic heterocycles. The normalized spacial score (nSPS) is 10.2. The van der Waals surface area contributed by atoms with Gasteiger partial charge in [-0.2, -0.15) is 5.26 Å². The van der Waals surface area contributed by atoms with Crippen LogP contribution in [0.25, 0.3) is 22.6 Å². The second kappa shape index (κ2) is 5.66. The molecule has 0 unspecified atom stereocenters. The van der Waals surface area contributed by atoms with Crippen LogP contribution >= 0.6 is 0 Å². The maximum Gasteiger partial charge on any atom is 0.248 e. The lowest BCUT2D eigenvalue weighted by atomic mass is 10.0. The molecular formula is C17H12N4O2. The number of anilines is 1. The SMILES string of the molecule is N#Cc1c(-c2ccco2)cc(-c2ccc(C(N)=O)cc2)nc1N. The summed E-state index contributed by atoms with van der Waals surface area (Å²) in [7, 11) is 0. The third-order valence-corrected chi connectivity index (χ3v) is 3.41. The monoisotopic (exact) mass is 304 g/mol. The van der Waals surface area contributed by atoms with Crippen molar-refractivity contribution in [2.75, 3.05) is 5.73 Å². The molecule has 3 aromatic rings. The van der Waals surface area contributed by atoms with Gasteiger partial charge in [0.2, 0.25) is 5.91 Å². The third kappa shape index (κ3) is 2.63. The number of benzene rings is 1. The molecule has 0 saturated heterocycles. The summed E-state index contributed by atoms with van der Waals surface area (Å²) in [6.45, 7) is 0. The number of amides is 1. The number of primary amides is 1. The van der Waals surface area contributed by atoms with Crippen LogP contribution in [-0.2, 0) is 0 Å². The van der Waals surface area contributed by atoms with Gasteiger partial charge >= 0.3 is 0 Å². The van der Waals surface area contributed by atoms with Gasteiger partial charge in [-0.25, -0.2) is 4.98 Å². The molecule has 1 amide bonds. The molecule has 0 bridgehead atoms. The molecule has 0 aliphatic rings. The van der Waals surface area contributed by atoms with E-state index >= 15 is 0 Å². The minimum absolute atomic E-state index is 0.121. The Morgan fingerprint density at radius 1 is 1.22 bits per heavy atom. The van der Waals surface area contributed by atoms with E-state index in [-0.39, 0.29) is 11.4 Å². The quantitative estimate of drug-likeness (QED) is 0.770. The maximum atomic E-state index is 11.1. The Bertz CT molecular complexity index is 907. The molecule has 0 saturated carbocycles. The summed E-state index contributed by atoms with van der Waals surface area (Å²) in [5.41, 5.74) is 13.7. The number of rotatable bonds is 3. The van der Waals surface area contributed by atoms with Crippen molar-refractivity contribution < 1.29 is 9.21 Å². The van der Waals surface area contributed by atoms with Crippen molar-refractivity contribution >= 4 is 11.7 Å². The number of nitriles is 1. The molecule has 0 spiro atoms. The fourth-order valence-electron chi connectivity index (χ4n) is 2.26. The zero-order chi connectivity index (χ0) is 16.4. The van der Waals surface area contributed by atoms with Gasteiger partial charge in [0.15, 0.2) is 0 Å². The Labute approximate surface area is 132 Å². The predicted molar refractivity (Wildman–Crippen MR) is 85.0 cm³/mol. The van der Waals surface area contributed by atoms with Gasteiger partial charge in [-0.15, -0.1) is 0 Å². The number of hydrogen-bond donors (Lipinski definition) is 2. The maximum absolute atomic E-state index is 11.1. The summed E-state index contributed by atoms with van der Waals surface area (Å²) in [5.74, 6) is 0.154. The van der Waals surface area contributed by atoms with Crippen molar-refractivity contribution in [3.05, 3.63) is 59.9 Å². The molecule has 0 atom stereocenters. The fraction of sp³-hybridized carbons (Fsp3) is 0. The summed E-state index contributed by atoms with van der Waals surface area (Å²) in [5, 5.41) is 9.29. The summed E-state index contributed by atoms with van der Waals surface area (Å²) in [6.07, 6.45) is 1.52. The lowest BCUT2D eigenvalue weighted by Gasteiger charge is -2.08. The number of pyridine rings is 1. The van der Waals surface area contributed by atoms with Gasteiger partial charge in [0, 0.05) is 16.7 Å². The first kappa shape index (κ1) is 14.4. The molecule has 4 N–H and O–H groups in total. The van der Waals surface area contributed by atoms with Gasteiger partial charge < -0.3 is 15.9 Å². The lowest BCUT2D eigenvalue weighted by Crippen LogP contribution is -2.10. The van der Waals surface area contributed by atoms with Gasteiger partial charge in [0.05, 0.1) is 12.0 Å². The zero-order valence-electron chi connectivity index (χ0n) is 12.0. The highest BCUT2D eigenvalue weighted by molar-refractivity contribution is 5.93. The smallest absolute Gasteiger partial charge is 0.248 e. The molecule has 1 aromatic carbocycles. The van der Waals surface area contributed by atoms with Gasteiger partial charge in [-0.05, 0) is 30.3 Å². The Morgan fingerprint density at radius 2 is 1.96 bits per heavy atom. The van der Waals surface area contributed by atoms with Gasteiger partial charge in [0.1, 0.15) is 23.2 Å². The van der Waals surface area contributed by atoms with Crippen LogP contribution in [0, 0.1) is 11.3 Å². The van der Waals surface area contributed by atoms with Crippen LogP contribution in [0.3, 0.4) is 0 Å². The van der Waals surface area contributed by atoms with E-state index in [1.165, 1.54) is 6.26 Å². The summed E-state index contributed by atoms with van der Waals surface area (Å²) in [4.78, 5) is 15.4. The highest BCUT2D eigenvalue weighted by atomic mass is 16.3. The number of nitrogens with zero attached hydrogens (tertiary/aromatic N) is 2. The van der Waals surface area contributed by atoms with Gasteiger partial charge in [-0.1, -0.05) is 12.1 Å². The van der Waals surface area contributed by atoms with E-state index in [0.29, 0.717) is 22.6 Å². The van der Waals surface area contributed by atoms with E-state index in [4.69, 9.17) is 15.9 Å². The Kier molecular flexibility index (Phi) is 3.53. The second-order valence-corrected chi connectivity index (χ2v) is 4.85. The number of carbonyl (C=O) groups excluding carboxylic acids is 1. The lowest BCUT2D eigenvalue weighted by molar-refractivity contribution is 0.100. The average Bonchev–Trinajstić information content (AvgIpc) is 3.08. The number of nitrogens with two attached hydrogens (primary N) is 2. The van der Waals surface area contributed by atoms with E-state index in [0.717, 1.165) is 5.56 Å². The summed E-state index contributed by atoms with van der Waals surface area (Å²) in [6, 6.07) is 13.9. The minimum Gasteiger partial charge on any atom is -0.464 e. The topological polar surface area (TPSA) is 119 Å². The van der Waals surface area contributed by atoms with E-state index in [2.05, 4.69) is 4.98 Å². The van der Waals surface area contributed by atoms with Crippen molar-refractivity contribution in [2.45, 2.75) is 0 Å². The number of nitrogen functional groups attached to an aromatic ring is 1. The molecule has 112 valence electrons. The number of carbonyl (C=O) groups is 1. The van der Waals surface area contributed by atoms with Crippen LogP contribution in [-0.4, -0.2) is 10.9 Å². The highest BCUT2D eigenvalue weighted by Crippen LogP contribution is 2.31.